The van der Waals surface area contributed by atoms with Gasteiger partial charge in [0.1, 0.15) is 18.5 Å². The van der Waals surface area contributed by atoms with Gasteiger partial charge in [-0.05, 0) is 48.2 Å². The summed E-state index contributed by atoms with van der Waals surface area (Å²) in [4.78, 5) is 0. The highest BCUT2D eigenvalue weighted by Crippen LogP contribution is 2.19. The number of hydrogen-bond acceptors (Lipinski definition) is 3. The van der Waals surface area contributed by atoms with E-state index in [1.165, 1.54) is 5.56 Å². The molecule has 3 heteroatoms. The van der Waals surface area contributed by atoms with Crippen molar-refractivity contribution >= 4 is 0 Å². The Bertz CT molecular complexity index is 561. The highest BCUT2D eigenvalue weighted by atomic mass is 16.5. The molecule has 0 unspecified atom stereocenters. The lowest BCUT2D eigenvalue weighted by molar-refractivity contribution is 0.108. The maximum absolute atomic E-state index is 10.1. The van der Waals surface area contributed by atoms with Crippen LogP contribution in [0.3, 0.4) is 0 Å². The minimum absolute atomic E-state index is 0.0194. The third-order valence-corrected chi connectivity index (χ3v) is 3.43. The molecular formula is C17H20O3. The van der Waals surface area contributed by atoms with Crippen LogP contribution >= 0.6 is 0 Å². The molecule has 0 fully saturated rings. The fraction of sp³-hybridized carbons (Fsp3) is 0.294. The van der Waals surface area contributed by atoms with E-state index >= 15 is 0 Å². The van der Waals surface area contributed by atoms with E-state index in [9.17, 15) is 5.11 Å². The lowest BCUT2D eigenvalue weighted by Gasteiger charge is -2.14. The summed E-state index contributed by atoms with van der Waals surface area (Å²) in [6.07, 6.45) is -0.646. The van der Waals surface area contributed by atoms with Crippen LogP contribution in [0, 0.1) is 13.8 Å². The normalized spacial score (nSPS) is 12.2. The van der Waals surface area contributed by atoms with E-state index < -0.39 is 6.10 Å². The second-order valence-electron chi connectivity index (χ2n) is 4.97. The van der Waals surface area contributed by atoms with Crippen molar-refractivity contribution in [2.24, 2.45) is 0 Å². The van der Waals surface area contributed by atoms with Crippen LogP contribution < -0.4 is 4.74 Å². The third-order valence-electron chi connectivity index (χ3n) is 3.43. The molecule has 0 aliphatic heterocycles. The molecule has 0 saturated heterocycles. The summed E-state index contributed by atoms with van der Waals surface area (Å²) in [5, 5.41) is 19.1. The van der Waals surface area contributed by atoms with E-state index in [0.29, 0.717) is 5.75 Å². The fourth-order valence-electron chi connectivity index (χ4n) is 1.93. The maximum atomic E-state index is 10.1. The van der Waals surface area contributed by atoms with Gasteiger partial charge >= 0.3 is 0 Å². The van der Waals surface area contributed by atoms with Crippen LogP contribution in [0.25, 0.3) is 0 Å². The van der Waals surface area contributed by atoms with Crippen molar-refractivity contribution in [1.82, 2.24) is 0 Å². The Morgan fingerprint density at radius 2 is 1.70 bits per heavy atom. The van der Waals surface area contributed by atoms with Gasteiger partial charge in [0.15, 0.2) is 0 Å². The molecule has 20 heavy (non-hydrogen) atoms. The lowest BCUT2D eigenvalue weighted by Crippen LogP contribution is -2.10. The van der Waals surface area contributed by atoms with E-state index in [0.717, 1.165) is 16.7 Å². The Labute approximate surface area is 119 Å². The first-order valence-electron chi connectivity index (χ1n) is 6.68. The number of aliphatic hydroxyl groups excluding tert-OH is 2. The molecule has 0 bridgehead atoms. The van der Waals surface area contributed by atoms with E-state index in [-0.39, 0.29) is 13.2 Å². The summed E-state index contributed by atoms with van der Waals surface area (Å²) < 4.78 is 5.56. The molecule has 0 amide bonds. The predicted octanol–water partition coefficient (Wildman–Crippen LogP) is 2.91. The summed E-state index contributed by atoms with van der Waals surface area (Å²) in [5.74, 6) is 0.685. The van der Waals surface area contributed by atoms with E-state index in [4.69, 9.17) is 9.84 Å². The third kappa shape index (κ3) is 3.59. The zero-order chi connectivity index (χ0) is 14.5. The Hall–Kier alpha value is -1.84. The van der Waals surface area contributed by atoms with Crippen molar-refractivity contribution in [1.29, 1.82) is 0 Å². The molecule has 0 saturated carbocycles. The van der Waals surface area contributed by atoms with Gasteiger partial charge in [-0.15, -0.1) is 0 Å². The zero-order valence-electron chi connectivity index (χ0n) is 11.8. The Balaban J connectivity index is 1.96. The van der Waals surface area contributed by atoms with Crippen molar-refractivity contribution in [3.8, 4) is 5.75 Å². The van der Waals surface area contributed by atoms with Gasteiger partial charge in [0, 0.05) is 0 Å². The van der Waals surface area contributed by atoms with Crippen molar-refractivity contribution in [3.63, 3.8) is 0 Å². The molecule has 2 N–H and O–H groups in total. The molecule has 0 aromatic heterocycles. The van der Waals surface area contributed by atoms with Crippen LogP contribution in [0.5, 0.6) is 5.75 Å². The Kier molecular flexibility index (Phi) is 4.77. The molecule has 2 aromatic rings. The van der Waals surface area contributed by atoms with Crippen LogP contribution in [0.4, 0.5) is 0 Å². The average Bonchev–Trinajstić information content (AvgIpc) is 2.48. The molecule has 0 aliphatic rings. The van der Waals surface area contributed by atoms with Crippen molar-refractivity contribution in [2.45, 2.75) is 26.6 Å². The number of benzene rings is 2. The molecule has 2 rings (SSSR count). The number of hydrogen-bond donors (Lipinski definition) is 2. The molecule has 106 valence electrons. The highest BCUT2D eigenvalue weighted by Gasteiger charge is 2.09. The first-order valence-corrected chi connectivity index (χ1v) is 6.68. The molecule has 0 spiro atoms. The minimum atomic E-state index is -0.646. The maximum Gasteiger partial charge on any atom is 0.119 e. The molecule has 3 nitrogen and oxygen atoms in total. The highest BCUT2D eigenvalue weighted by molar-refractivity contribution is 5.31. The van der Waals surface area contributed by atoms with Gasteiger partial charge in [-0.2, -0.15) is 0 Å². The van der Waals surface area contributed by atoms with Gasteiger partial charge in [-0.1, -0.05) is 30.3 Å². The number of rotatable bonds is 5. The molecule has 0 aliphatic carbocycles. The lowest BCUT2D eigenvalue weighted by atomic mass is 10.0. The van der Waals surface area contributed by atoms with Gasteiger partial charge in [0.05, 0.1) is 6.61 Å². The summed E-state index contributed by atoms with van der Waals surface area (Å²) in [6, 6.07) is 13.1. The summed E-state index contributed by atoms with van der Waals surface area (Å²) in [5.41, 5.74) is 4.07. The summed E-state index contributed by atoms with van der Waals surface area (Å²) in [7, 11) is 0. The van der Waals surface area contributed by atoms with Crippen LogP contribution in [0.15, 0.2) is 42.5 Å². The van der Waals surface area contributed by atoms with E-state index in [2.05, 4.69) is 0 Å². The van der Waals surface area contributed by atoms with Crippen LogP contribution in [-0.2, 0) is 6.61 Å². The SMILES string of the molecule is Cc1ccc([C@@H](O)COc2ccc(CO)cc2)cc1C. The van der Waals surface area contributed by atoms with E-state index in [1.54, 1.807) is 24.3 Å². The standard InChI is InChI=1S/C17H20O3/c1-12-3-6-15(9-13(12)2)17(19)11-20-16-7-4-14(10-18)5-8-16/h3-9,17-19H,10-11H2,1-2H3/t17-/m0/s1. The topological polar surface area (TPSA) is 49.7 Å². The first-order chi connectivity index (χ1) is 9.60. The Morgan fingerprint density at radius 3 is 2.30 bits per heavy atom. The van der Waals surface area contributed by atoms with Crippen LogP contribution in [0.1, 0.15) is 28.4 Å². The monoisotopic (exact) mass is 272 g/mol. The van der Waals surface area contributed by atoms with Crippen LogP contribution in [0.2, 0.25) is 0 Å². The van der Waals surface area contributed by atoms with Gasteiger partial charge < -0.3 is 14.9 Å². The minimum Gasteiger partial charge on any atom is -0.491 e. The van der Waals surface area contributed by atoms with Gasteiger partial charge in [0.2, 0.25) is 0 Å². The Morgan fingerprint density at radius 1 is 1.00 bits per heavy atom. The van der Waals surface area contributed by atoms with Gasteiger partial charge in [0.25, 0.3) is 0 Å². The van der Waals surface area contributed by atoms with Crippen molar-refractivity contribution in [2.75, 3.05) is 6.61 Å². The fourth-order valence-corrected chi connectivity index (χ4v) is 1.93. The quantitative estimate of drug-likeness (QED) is 0.880. The second-order valence-corrected chi connectivity index (χ2v) is 4.97. The first kappa shape index (κ1) is 14.6. The molecule has 0 radical (unpaired) electrons. The zero-order valence-corrected chi connectivity index (χ0v) is 11.8. The van der Waals surface area contributed by atoms with Crippen molar-refractivity contribution < 1.29 is 14.9 Å². The molecule has 0 heterocycles. The number of ether oxygens (including phenoxy) is 1. The van der Waals surface area contributed by atoms with E-state index in [1.807, 2.05) is 32.0 Å². The molecule has 1 atom stereocenters. The average molecular weight is 272 g/mol. The smallest absolute Gasteiger partial charge is 0.119 e. The number of aliphatic hydroxyl groups is 2. The van der Waals surface area contributed by atoms with Crippen LogP contribution in [-0.4, -0.2) is 16.8 Å². The summed E-state index contributed by atoms with van der Waals surface area (Å²) in [6.45, 7) is 4.30. The molecular weight excluding hydrogens is 252 g/mol. The van der Waals surface area contributed by atoms with Gasteiger partial charge in [-0.3, -0.25) is 0 Å². The number of aryl methyl sites for hydroxylation is 2. The summed E-state index contributed by atoms with van der Waals surface area (Å²) >= 11 is 0. The van der Waals surface area contributed by atoms with Crippen molar-refractivity contribution in [3.05, 3.63) is 64.7 Å². The largest absolute Gasteiger partial charge is 0.491 e. The second kappa shape index (κ2) is 6.55. The van der Waals surface area contributed by atoms with Gasteiger partial charge in [-0.25, -0.2) is 0 Å². The predicted molar refractivity (Wildman–Crippen MR) is 78.7 cm³/mol. The molecule has 2 aromatic carbocycles.